The molecule has 3 aliphatic heterocycles. The SMILES string of the molecule is Cc1c(N2CCN3CCOC[C@H]3C2)cc(C)c2c3c(c(=O)oc12)CNCC3. The van der Waals surface area contributed by atoms with E-state index in [1.807, 2.05) is 0 Å². The van der Waals surface area contributed by atoms with E-state index in [1.54, 1.807) is 0 Å². The first-order valence-corrected chi connectivity index (χ1v) is 9.99. The number of piperazine rings is 1. The quantitative estimate of drug-likeness (QED) is 0.771. The van der Waals surface area contributed by atoms with Crippen LogP contribution in [0.2, 0.25) is 0 Å². The highest BCUT2D eigenvalue weighted by molar-refractivity contribution is 5.91. The third-order valence-electron chi connectivity index (χ3n) is 6.44. The van der Waals surface area contributed by atoms with Gasteiger partial charge in [0.15, 0.2) is 0 Å². The summed E-state index contributed by atoms with van der Waals surface area (Å²) in [4.78, 5) is 17.6. The molecule has 0 spiro atoms. The summed E-state index contributed by atoms with van der Waals surface area (Å²) >= 11 is 0. The molecule has 0 unspecified atom stereocenters. The van der Waals surface area contributed by atoms with Gasteiger partial charge in [0.2, 0.25) is 0 Å². The molecule has 0 aliphatic carbocycles. The molecule has 0 radical (unpaired) electrons. The number of hydrogen-bond acceptors (Lipinski definition) is 6. The topological polar surface area (TPSA) is 58.0 Å². The van der Waals surface area contributed by atoms with Gasteiger partial charge in [-0.3, -0.25) is 4.90 Å². The van der Waals surface area contributed by atoms with E-state index in [2.05, 4.69) is 35.0 Å². The van der Waals surface area contributed by atoms with E-state index in [1.165, 1.54) is 16.8 Å². The predicted octanol–water partition coefficient (Wildman–Crippen LogP) is 1.58. The maximum Gasteiger partial charge on any atom is 0.341 e. The van der Waals surface area contributed by atoms with Crippen molar-refractivity contribution >= 4 is 16.7 Å². The highest BCUT2D eigenvalue weighted by Gasteiger charge is 2.31. The summed E-state index contributed by atoms with van der Waals surface area (Å²) in [5.74, 6) is 0. The van der Waals surface area contributed by atoms with Crippen molar-refractivity contribution in [1.29, 1.82) is 0 Å². The lowest BCUT2D eigenvalue weighted by Gasteiger charge is -2.45. The van der Waals surface area contributed by atoms with E-state index in [-0.39, 0.29) is 5.63 Å². The molecule has 6 heteroatoms. The standard InChI is InChI=1S/C21H27N3O3/c1-13-9-18(24-6-5-23-7-8-26-12-15(23)11-24)14(2)20-19(13)16-3-4-22-10-17(16)21(25)27-20/h9,15,22H,3-8,10-12H2,1-2H3/t15-/m1/s1. The van der Waals surface area contributed by atoms with E-state index in [0.29, 0.717) is 12.6 Å². The Labute approximate surface area is 159 Å². The van der Waals surface area contributed by atoms with Crippen molar-refractivity contribution in [3.63, 3.8) is 0 Å². The molecule has 2 aromatic rings. The molecular formula is C21H27N3O3. The number of nitrogens with zero attached hydrogens (tertiary/aromatic N) is 2. The second-order valence-corrected chi connectivity index (χ2v) is 8.03. The minimum absolute atomic E-state index is 0.185. The number of rotatable bonds is 1. The Morgan fingerprint density at radius 1 is 1.19 bits per heavy atom. The van der Waals surface area contributed by atoms with Gasteiger partial charge in [0.05, 0.1) is 24.8 Å². The lowest BCUT2D eigenvalue weighted by atomic mass is 9.93. The number of ether oxygens (including phenoxy) is 1. The molecule has 0 amide bonds. The zero-order valence-electron chi connectivity index (χ0n) is 16.1. The number of hydrogen-bond donors (Lipinski definition) is 1. The van der Waals surface area contributed by atoms with Gasteiger partial charge in [-0.25, -0.2) is 4.79 Å². The Balaban J connectivity index is 1.60. The number of anilines is 1. The Morgan fingerprint density at radius 3 is 2.96 bits per heavy atom. The summed E-state index contributed by atoms with van der Waals surface area (Å²) in [7, 11) is 0. The fourth-order valence-electron chi connectivity index (χ4n) is 4.97. The molecule has 4 heterocycles. The van der Waals surface area contributed by atoms with Gasteiger partial charge in [0.1, 0.15) is 5.58 Å². The summed E-state index contributed by atoms with van der Waals surface area (Å²) in [6.07, 6.45) is 0.884. The van der Waals surface area contributed by atoms with Crippen LogP contribution in [0.5, 0.6) is 0 Å². The van der Waals surface area contributed by atoms with E-state index < -0.39 is 0 Å². The average Bonchev–Trinajstić information content (AvgIpc) is 2.70. The van der Waals surface area contributed by atoms with Gasteiger partial charge < -0.3 is 19.4 Å². The maximum atomic E-state index is 12.6. The largest absolute Gasteiger partial charge is 0.422 e. The van der Waals surface area contributed by atoms with Gasteiger partial charge in [-0.05, 0) is 44.0 Å². The second-order valence-electron chi connectivity index (χ2n) is 8.03. The third kappa shape index (κ3) is 2.78. The molecule has 3 aliphatic rings. The molecule has 1 atom stereocenters. The van der Waals surface area contributed by atoms with Crippen LogP contribution in [0.4, 0.5) is 5.69 Å². The molecule has 144 valence electrons. The number of fused-ring (bicyclic) bond motifs is 4. The highest BCUT2D eigenvalue weighted by atomic mass is 16.5. The van der Waals surface area contributed by atoms with Crippen molar-refractivity contribution in [1.82, 2.24) is 10.2 Å². The van der Waals surface area contributed by atoms with Crippen LogP contribution in [0, 0.1) is 13.8 Å². The van der Waals surface area contributed by atoms with E-state index in [0.717, 1.165) is 74.5 Å². The van der Waals surface area contributed by atoms with E-state index >= 15 is 0 Å². The Hall–Kier alpha value is -1.89. The first-order valence-electron chi connectivity index (χ1n) is 9.99. The smallest absolute Gasteiger partial charge is 0.341 e. The summed E-state index contributed by atoms with van der Waals surface area (Å²) in [6, 6.07) is 2.74. The second kappa shape index (κ2) is 6.62. The van der Waals surface area contributed by atoms with Crippen LogP contribution in [-0.2, 0) is 17.7 Å². The van der Waals surface area contributed by atoms with Crippen LogP contribution >= 0.6 is 0 Å². The molecule has 0 saturated carbocycles. The molecule has 1 N–H and O–H groups in total. The fraction of sp³-hybridized carbons (Fsp3) is 0.571. The molecule has 5 rings (SSSR count). The molecule has 27 heavy (non-hydrogen) atoms. The van der Waals surface area contributed by atoms with Crippen molar-refractivity contribution in [2.45, 2.75) is 32.9 Å². The summed E-state index contributed by atoms with van der Waals surface area (Å²) in [5.41, 5.74) is 6.05. The predicted molar refractivity (Wildman–Crippen MR) is 106 cm³/mol. The van der Waals surface area contributed by atoms with Gasteiger partial charge in [-0.15, -0.1) is 0 Å². The summed E-state index contributed by atoms with van der Waals surface area (Å²) < 4.78 is 11.5. The maximum absolute atomic E-state index is 12.6. The minimum Gasteiger partial charge on any atom is -0.422 e. The number of morpholine rings is 1. The fourth-order valence-corrected chi connectivity index (χ4v) is 4.97. The zero-order valence-corrected chi connectivity index (χ0v) is 16.1. The first-order chi connectivity index (χ1) is 13.1. The van der Waals surface area contributed by atoms with Crippen LogP contribution in [-0.4, -0.2) is 56.9 Å². The Kier molecular flexibility index (Phi) is 4.22. The average molecular weight is 369 g/mol. The minimum atomic E-state index is -0.185. The van der Waals surface area contributed by atoms with Gasteiger partial charge in [-0.2, -0.15) is 0 Å². The third-order valence-corrected chi connectivity index (χ3v) is 6.44. The highest BCUT2D eigenvalue weighted by Crippen LogP contribution is 2.35. The van der Waals surface area contributed by atoms with Crippen LogP contribution in [0.1, 0.15) is 22.3 Å². The molecular weight excluding hydrogens is 342 g/mol. The van der Waals surface area contributed by atoms with Crippen molar-refractivity contribution in [2.75, 3.05) is 50.8 Å². The molecule has 0 bridgehead atoms. The number of aryl methyl sites for hydroxylation is 2. The van der Waals surface area contributed by atoms with Gasteiger partial charge in [0, 0.05) is 49.4 Å². The van der Waals surface area contributed by atoms with Gasteiger partial charge in [-0.1, -0.05) is 0 Å². The first kappa shape index (κ1) is 17.2. The zero-order chi connectivity index (χ0) is 18.5. The lowest BCUT2D eigenvalue weighted by molar-refractivity contribution is -0.0117. The van der Waals surface area contributed by atoms with E-state index in [4.69, 9.17) is 9.15 Å². The van der Waals surface area contributed by atoms with Crippen LogP contribution < -0.4 is 15.8 Å². The van der Waals surface area contributed by atoms with E-state index in [9.17, 15) is 4.79 Å². The summed E-state index contributed by atoms with van der Waals surface area (Å²) in [6.45, 7) is 11.5. The van der Waals surface area contributed by atoms with Crippen molar-refractivity contribution < 1.29 is 9.15 Å². The van der Waals surface area contributed by atoms with Gasteiger partial charge >= 0.3 is 5.63 Å². The number of benzene rings is 1. The molecule has 6 nitrogen and oxygen atoms in total. The number of nitrogens with one attached hydrogen (secondary N) is 1. The Bertz CT molecular complexity index is 952. The molecule has 2 fully saturated rings. The Morgan fingerprint density at radius 2 is 2.07 bits per heavy atom. The van der Waals surface area contributed by atoms with Crippen molar-refractivity contribution in [3.05, 3.63) is 38.7 Å². The lowest BCUT2D eigenvalue weighted by Crippen LogP contribution is -2.58. The molecule has 1 aromatic carbocycles. The monoisotopic (exact) mass is 369 g/mol. The summed E-state index contributed by atoms with van der Waals surface area (Å²) in [5, 5.41) is 4.43. The van der Waals surface area contributed by atoms with Gasteiger partial charge in [0.25, 0.3) is 0 Å². The van der Waals surface area contributed by atoms with Crippen LogP contribution in [0.15, 0.2) is 15.3 Å². The van der Waals surface area contributed by atoms with Crippen molar-refractivity contribution in [2.24, 2.45) is 0 Å². The molecule has 2 saturated heterocycles. The van der Waals surface area contributed by atoms with Crippen LogP contribution in [0.3, 0.4) is 0 Å². The molecule has 1 aromatic heterocycles. The van der Waals surface area contributed by atoms with Crippen LogP contribution in [0.25, 0.3) is 11.0 Å². The normalized spacial score (nSPS) is 23.3. The van der Waals surface area contributed by atoms with Crippen molar-refractivity contribution in [3.8, 4) is 0 Å².